The summed E-state index contributed by atoms with van der Waals surface area (Å²) in [6, 6.07) is 0. The van der Waals surface area contributed by atoms with Crippen LogP contribution in [0, 0.1) is 5.92 Å². The summed E-state index contributed by atoms with van der Waals surface area (Å²) in [7, 11) is 0. The van der Waals surface area contributed by atoms with Crippen molar-refractivity contribution in [2.45, 2.75) is 46.5 Å². The van der Waals surface area contributed by atoms with Crippen LogP contribution in [0.1, 0.15) is 46.5 Å². The van der Waals surface area contributed by atoms with E-state index in [4.69, 9.17) is 9.47 Å². The predicted molar refractivity (Wildman–Crippen MR) is 86.6 cm³/mol. The van der Waals surface area contributed by atoms with Crippen LogP contribution in [-0.4, -0.2) is 51.3 Å². The largest absolute Gasteiger partial charge is 0.379 e. The van der Waals surface area contributed by atoms with Gasteiger partial charge in [-0.25, -0.2) is 0 Å². The molecule has 6 nitrogen and oxygen atoms in total. The van der Waals surface area contributed by atoms with Crippen LogP contribution in [0.5, 0.6) is 0 Å². The van der Waals surface area contributed by atoms with Crippen LogP contribution in [0.25, 0.3) is 0 Å². The van der Waals surface area contributed by atoms with Gasteiger partial charge < -0.3 is 20.1 Å². The molecule has 0 aliphatic carbocycles. The molecule has 0 aromatic carbocycles. The monoisotopic (exact) mass is 316 g/mol. The molecule has 0 aromatic heterocycles. The van der Waals surface area contributed by atoms with Crippen LogP contribution in [0.2, 0.25) is 0 Å². The standard InChI is InChI=1S/C16H32N2O4/c1-4-15(19)17-7-5-9-21-11-12-22-10-6-8-18-16(20)13-14(2)3/h14H,4-13H2,1-3H3,(H,17,19)(H,18,20). The van der Waals surface area contributed by atoms with Gasteiger partial charge in [0.05, 0.1) is 13.2 Å². The Morgan fingerprint density at radius 3 is 1.82 bits per heavy atom. The SMILES string of the molecule is CCC(=O)NCCCOCCOCCCNC(=O)CC(C)C. The van der Waals surface area contributed by atoms with Crippen LogP contribution >= 0.6 is 0 Å². The Morgan fingerprint density at radius 2 is 1.36 bits per heavy atom. The Bertz CT molecular complexity index is 296. The third-order valence-corrected chi connectivity index (χ3v) is 2.86. The highest BCUT2D eigenvalue weighted by Crippen LogP contribution is 1.97. The number of hydrogen-bond donors (Lipinski definition) is 2. The highest BCUT2D eigenvalue weighted by atomic mass is 16.5. The summed E-state index contributed by atoms with van der Waals surface area (Å²) in [6.45, 7) is 9.56. The van der Waals surface area contributed by atoms with E-state index in [1.807, 2.05) is 20.8 Å². The lowest BCUT2D eigenvalue weighted by Crippen LogP contribution is -2.26. The van der Waals surface area contributed by atoms with Gasteiger partial charge in [0.15, 0.2) is 0 Å². The minimum atomic E-state index is 0.0730. The van der Waals surface area contributed by atoms with E-state index in [1.54, 1.807) is 0 Å². The van der Waals surface area contributed by atoms with Gasteiger partial charge in [-0.05, 0) is 18.8 Å². The number of nitrogens with one attached hydrogen (secondary N) is 2. The van der Waals surface area contributed by atoms with Gasteiger partial charge in [0.25, 0.3) is 0 Å². The van der Waals surface area contributed by atoms with Gasteiger partial charge in [-0.1, -0.05) is 20.8 Å². The third kappa shape index (κ3) is 15.3. The average Bonchev–Trinajstić information content (AvgIpc) is 2.47. The van der Waals surface area contributed by atoms with Gasteiger partial charge in [0.2, 0.25) is 11.8 Å². The summed E-state index contributed by atoms with van der Waals surface area (Å²) < 4.78 is 10.8. The van der Waals surface area contributed by atoms with Crippen LogP contribution in [0.15, 0.2) is 0 Å². The number of ether oxygens (including phenoxy) is 2. The Kier molecular flexibility index (Phi) is 14.0. The van der Waals surface area contributed by atoms with Crippen molar-refractivity contribution in [2.75, 3.05) is 39.5 Å². The van der Waals surface area contributed by atoms with E-state index in [1.165, 1.54) is 0 Å². The number of carbonyl (C=O) groups excluding carboxylic acids is 2. The molecule has 6 heteroatoms. The molecule has 0 rings (SSSR count). The number of carbonyl (C=O) groups is 2. The van der Waals surface area contributed by atoms with Crippen molar-refractivity contribution in [1.29, 1.82) is 0 Å². The fraction of sp³-hybridized carbons (Fsp3) is 0.875. The first-order chi connectivity index (χ1) is 10.6. The summed E-state index contributed by atoms with van der Waals surface area (Å²) in [5.74, 6) is 0.570. The van der Waals surface area contributed by atoms with Gasteiger partial charge in [0, 0.05) is 39.1 Å². The number of rotatable bonds is 14. The Hall–Kier alpha value is -1.14. The summed E-state index contributed by atoms with van der Waals surface area (Å²) in [5.41, 5.74) is 0. The van der Waals surface area contributed by atoms with Crippen molar-refractivity contribution in [3.63, 3.8) is 0 Å². The van der Waals surface area contributed by atoms with Crippen molar-refractivity contribution >= 4 is 11.8 Å². The molecule has 0 saturated heterocycles. The summed E-state index contributed by atoms with van der Waals surface area (Å²) in [6.07, 6.45) is 2.72. The summed E-state index contributed by atoms with van der Waals surface area (Å²) >= 11 is 0. The van der Waals surface area contributed by atoms with Crippen LogP contribution in [-0.2, 0) is 19.1 Å². The molecule has 0 spiro atoms. The van der Waals surface area contributed by atoms with Crippen LogP contribution in [0.4, 0.5) is 0 Å². The van der Waals surface area contributed by atoms with E-state index in [0.29, 0.717) is 58.3 Å². The zero-order chi connectivity index (χ0) is 16.6. The Balaban J connectivity index is 3.14. The van der Waals surface area contributed by atoms with Crippen molar-refractivity contribution in [3.05, 3.63) is 0 Å². The van der Waals surface area contributed by atoms with Crippen molar-refractivity contribution < 1.29 is 19.1 Å². The van der Waals surface area contributed by atoms with E-state index in [9.17, 15) is 9.59 Å². The smallest absolute Gasteiger partial charge is 0.220 e. The van der Waals surface area contributed by atoms with Gasteiger partial charge in [0.1, 0.15) is 0 Å². The average molecular weight is 316 g/mol. The van der Waals surface area contributed by atoms with E-state index in [-0.39, 0.29) is 11.8 Å². The molecule has 0 unspecified atom stereocenters. The molecule has 0 fully saturated rings. The molecule has 0 atom stereocenters. The van der Waals surface area contributed by atoms with Gasteiger partial charge in [-0.3, -0.25) is 9.59 Å². The molecule has 2 N–H and O–H groups in total. The molecule has 0 radical (unpaired) electrons. The molecule has 130 valence electrons. The molecule has 0 bridgehead atoms. The van der Waals surface area contributed by atoms with E-state index < -0.39 is 0 Å². The molecule has 2 amide bonds. The zero-order valence-electron chi connectivity index (χ0n) is 14.3. The summed E-state index contributed by atoms with van der Waals surface area (Å²) in [4.78, 5) is 22.3. The Labute approximate surface area is 134 Å². The first-order valence-corrected chi connectivity index (χ1v) is 8.25. The highest BCUT2D eigenvalue weighted by Gasteiger charge is 2.03. The molecule has 0 aliphatic heterocycles. The number of hydrogen-bond acceptors (Lipinski definition) is 4. The second-order valence-electron chi connectivity index (χ2n) is 5.58. The van der Waals surface area contributed by atoms with Gasteiger partial charge in [-0.15, -0.1) is 0 Å². The lowest BCUT2D eigenvalue weighted by atomic mass is 10.1. The quantitative estimate of drug-likeness (QED) is 0.476. The zero-order valence-corrected chi connectivity index (χ0v) is 14.3. The van der Waals surface area contributed by atoms with Crippen molar-refractivity contribution in [2.24, 2.45) is 5.92 Å². The maximum Gasteiger partial charge on any atom is 0.220 e. The number of amides is 2. The van der Waals surface area contributed by atoms with Crippen LogP contribution in [0.3, 0.4) is 0 Å². The second kappa shape index (κ2) is 14.8. The maximum atomic E-state index is 11.4. The lowest BCUT2D eigenvalue weighted by molar-refractivity contribution is -0.122. The normalized spacial score (nSPS) is 10.7. The minimum Gasteiger partial charge on any atom is -0.379 e. The fourth-order valence-electron chi connectivity index (χ4n) is 1.69. The molecule has 0 aromatic rings. The van der Waals surface area contributed by atoms with Crippen LogP contribution < -0.4 is 10.6 Å². The first-order valence-electron chi connectivity index (χ1n) is 8.25. The topological polar surface area (TPSA) is 76.7 Å². The minimum absolute atomic E-state index is 0.0730. The maximum absolute atomic E-state index is 11.4. The molecular formula is C16H32N2O4. The highest BCUT2D eigenvalue weighted by molar-refractivity contribution is 5.76. The van der Waals surface area contributed by atoms with Crippen molar-refractivity contribution in [1.82, 2.24) is 10.6 Å². The van der Waals surface area contributed by atoms with E-state index in [0.717, 1.165) is 12.8 Å². The first kappa shape index (κ1) is 20.9. The third-order valence-electron chi connectivity index (χ3n) is 2.86. The molecule has 0 saturated carbocycles. The Morgan fingerprint density at radius 1 is 0.864 bits per heavy atom. The second-order valence-corrected chi connectivity index (χ2v) is 5.58. The van der Waals surface area contributed by atoms with E-state index >= 15 is 0 Å². The molecule has 22 heavy (non-hydrogen) atoms. The van der Waals surface area contributed by atoms with Crippen molar-refractivity contribution in [3.8, 4) is 0 Å². The van der Waals surface area contributed by atoms with Gasteiger partial charge >= 0.3 is 0 Å². The van der Waals surface area contributed by atoms with E-state index in [2.05, 4.69) is 10.6 Å². The van der Waals surface area contributed by atoms with Gasteiger partial charge in [-0.2, -0.15) is 0 Å². The molecule has 0 heterocycles. The molecular weight excluding hydrogens is 284 g/mol. The fourth-order valence-corrected chi connectivity index (χ4v) is 1.69. The molecule has 0 aliphatic rings. The predicted octanol–water partition coefficient (Wildman–Crippen LogP) is 1.49. The lowest BCUT2D eigenvalue weighted by Gasteiger charge is -2.08. The summed E-state index contributed by atoms with van der Waals surface area (Å²) in [5, 5.41) is 5.66.